The van der Waals surface area contributed by atoms with Crippen molar-refractivity contribution in [1.29, 1.82) is 0 Å². The molecular formula is C19H27N3O4. The second kappa shape index (κ2) is 8.21. The Kier molecular flexibility index (Phi) is 6.23. The number of benzene rings is 1. The zero-order valence-electron chi connectivity index (χ0n) is 15.7. The number of piperidine rings is 1. The van der Waals surface area contributed by atoms with Gasteiger partial charge >= 0.3 is 12.0 Å². The zero-order valence-corrected chi connectivity index (χ0v) is 15.7. The number of likely N-dealkylation sites (tertiary alicyclic amines) is 1. The van der Waals surface area contributed by atoms with Crippen LogP contribution in [-0.4, -0.2) is 41.0 Å². The summed E-state index contributed by atoms with van der Waals surface area (Å²) in [6, 6.07) is 5.01. The maximum absolute atomic E-state index is 12.6. The Morgan fingerprint density at radius 3 is 2.50 bits per heavy atom. The molecular weight excluding hydrogens is 334 g/mol. The molecule has 2 atom stereocenters. The number of carboxylic acid groups (broad SMARTS) is 1. The molecule has 142 valence electrons. The highest BCUT2D eigenvalue weighted by Gasteiger charge is 2.32. The third kappa shape index (κ3) is 4.97. The van der Waals surface area contributed by atoms with E-state index in [-0.39, 0.29) is 30.3 Å². The van der Waals surface area contributed by atoms with E-state index in [1.165, 1.54) is 0 Å². The van der Waals surface area contributed by atoms with Crippen LogP contribution in [-0.2, 0) is 9.59 Å². The largest absolute Gasteiger partial charge is 0.481 e. The SMILES string of the molecule is Cc1ccc(NC(=O)C(C)C)cc1NC(=O)N1CC(C)CC(C(=O)O)C1. The first-order valence-corrected chi connectivity index (χ1v) is 8.87. The number of amides is 3. The lowest BCUT2D eigenvalue weighted by Crippen LogP contribution is -2.47. The molecule has 1 aromatic carbocycles. The molecule has 2 unspecified atom stereocenters. The van der Waals surface area contributed by atoms with Crippen molar-refractivity contribution in [2.75, 3.05) is 23.7 Å². The third-order valence-electron chi connectivity index (χ3n) is 4.57. The van der Waals surface area contributed by atoms with Crippen molar-refractivity contribution in [3.63, 3.8) is 0 Å². The van der Waals surface area contributed by atoms with Crippen molar-refractivity contribution in [3.05, 3.63) is 23.8 Å². The number of hydrogen-bond donors (Lipinski definition) is 3. The number of aryl methyl sites for hydroxylation is 1. The van der Waals surface area contributed by atoms with E-state index in [1.807, 2.05) is 33.8 Å². The smallest absolute Gasteiger partial charge is 0.321 e. The maximum atomic E-state index is 12.6. The number of hydrogen-bond acceptors (Lipinski definition) is 3. The first kappa shape index (κ1) is 19.8. The molecule has 1 aliphatic heterocycles. The van der Waals surface area contributed by atoms with E-state index in [0.717, 1.165) is 5.56 Å². The minimum Gasteiger partial charge on any atom is -0.481 e. The Hall–Kier alpha value is -2.57. The molecule has 0 bridgehead atoms. The minimum atomic E-state index is -0.871. The first-order valence-electron chi connectivity index (χ1n) is 8.87. The van der Waals surface area contributed by atoms with Gasteiger partial charge in [0.1, 0.15) is 0 Å². The highest BCUT2D eigenvalue weighted by molar-refractivity contribution is 5.95. The number of anilines is 2. The molecule has 0 saturated carbocycles. The molecule has 0 radical (unpaired) electrons. The summed E-state index contributed by atoms with van der Waals surface area (Å²) in [4.78, 5) is 37.3. The van der Waals surface area contributed by atoms with Crippen molar-refractivity contribution in [3.8, 4) is 0 Å². The molecule has 1 heterocycles. The average Bonchev–Trinajstić information content (AvgIpc) is 2.57. The lowest BCUT2D eigenvalue weighted by molar-refractivity contribution is -0.143. The number of nitrogens with zero attached hydrogens (tertiary/aromatic N) is 1. The fourth-order valence-electron chi connectivity index (χ4n) is 3.01. The van der Waals surface area contributed by atoms with Crippen LogP contribution in [0.4, 0.5) is 16.2 Å². The summed E-state index contributed by atoms with van der Waals surface area (Å²) < 4.78 is 0. The van der Waals surface area contributed by atoms with Gasteiger partial charge in [0.2, 0.25) is 5.91 Å². The van der Waals surface area contributed by atoms with E-state index in [0.29, 0.717) is 24.3 Å². The van der Waals surface area contributed by atoms with E-state index < -0.39 is 11.9 Å². The van der Waals surface area contributed by atoms with E-state index in [4.69, 9.17) is 0 Å². The van der Waals surface area contributed by atoms with Gasteiger partial charge in [-0.05, 0) is 37.0 Å². The summed E-state index contributed by atoms with van der Waals surface area (Å²) in [5, 5.41) is 14.9. The molecule has 1 aromatic rings. The minimum absolute atomic E-state index is 0.0970. The van der Waals surface area contributed by atoms with Crippen LogP contribution in [0.3, 0.4) is 0 Å². The molecule has 0 aliphatic carbocycles. The Bertz CT molecular complexity index is 702. The molecule has 3 amide bonds. The molecule has 7 nitrogen and oxygen atoms in total. The van der Waals surface area contributed by atoms with Crippen LogP contribution >= 0.6 is 0 Å². The summed E-state index contributed by atoms with van der Waals surface area (Å²) in [7, 11) is 0. The van der Waals surface area contributed by atoms with Gasteiger partial charge in [-0.1, -0.05) is 26.8 Å². The van der Waals surface area contributed by atoms with Crippen LogP contribution in [0.25, 0.3) is 0 Å². The predicted octanol–water partition coefficient (Wildman–Crippen LogP) is 3.16. The van der Waals surface area contributed by atoms with Gasteiger partial charge in [0.25, 0.3) is 0 Å². The molecule has 0 aromatic heterocycles. The van der Waals surface area contributed by atoms with Crippen LogP contribution in [0, 0.1) is 24.7 Å². The van der Waals surface area contributed by atoms with Gasteiger partial charge in [0.15, 0.2) is 0 Å². The number of carbonyl (C=O) groups excluding carboxylic acids is 2. The standard InChI is InChI=1S/C19H27N3O4/c1-11(2)17(23)20-15-6-5-13(4)16(8-15)21-19(26)22-9-12(3)7-14(10-22)18(24)25/h5-6,8,11-12,14H,7,9-10H2,1-4H3,(H,20,23)(H,21,26)(H,24,25). The number of rotatable bonds is 4. The van der Waals surface area contributed by atoms with Gasteiger partial charge in [-0.15, -0.1) is 0 Å². The number of nitrogens with one attached hydrogen (secondary N) is 2. The topological polar surface area (TPSA) is 98.7 Å². The van der Waals surface area contributed by atoms with Crippen molar-refractivity contribution in [2.45, 2.75) is 34.1 Å². The summed E-state index contributed by atoms with van der Waals surface area (Å²) >= 11 is 0. The molecule has 7 heteroatoms. The van der Waals surface area contributed by atoms with Crippen molar-refractivity contribution in [1.82, 2.24) is 4.90 Å². The molecule has 2 rings (SSSR count). The number of carboxylic acids is 1. The van der Waals surface area contributed by atoms with Crippen molar-refractivity contribution in [2.24, 2.45) is 17.8 Å². The second-order valence-electron chi connectivity index (χ2n) is 7.38. The summed E-state index contributed by atoms with van der Waals surface area (Å²) in [5.74, 6) is -1.52. The summed E-state index contributed by atoms with van der Waals surface area (Å²) in [6.45, 7) is 8.16. The van der Waals surface area contributed by atoms with Gasteiger partial charge in [0, 0.05) is 30.4 Å². The van der Waals surface area contributed by atoms with Crippen LogP contribution in [0.5, 0.6) is 0 Å². The van der Waals surface area contributed by atoms with Gasteiger partial charge in [0.05, 0.1) is 5.92 Å². The van der Waals surface area contributed by atoms with Crippen molar-refractivity contribution < 1.29 is 19.5 Å². The summed E-state index contributed by atoms with van der Waals surface area (Å²) in [6.07, 6.45) is 0.578. The Morgan fingerprint density at radius 2 is 1.88 bits per heavy atom. The van der Waals surface area contributed by atoms with E-state index >= 15 is 0 Å². The lowest BCUT2D eigenvalue weighted by Gasteiger charge is -2.34. The average molecular weight is 361 g/mol. The summed E-state index contributed by atoms with van der Waals surface area (Å²) in [5.41, 5.74) is 2.07. The highest BCUT2D eigenvalue weighted by Crippen LogP contribution is 2.25. The normalized spacial score (nSPS) is 20.0. The maximum Gasteiger partial charge on any atom is 0.321 e. The predicted molar refractivity (Wildman–Crippen MR) is 100 cm³/mol. The molecule has 1 saturated heterocycles. The Balaban J connectivity index is 2.10. The fourth-order valence-corrected chi connectivity index (χ4v) is 3.01. The van der Waals surface area contributed by atoms with E-state index in [2.05, 4.69) is 10.6 Å². The second-order valence-corrected chi connectivity index (χ2v) is 7.38. The van der Waals surface area contributed by atoms with E-state index in [1.54, 1.807) is 17.0 Å². The van der Waals surface area contributed by atoms with E-state index in [9.17, 15) is 19.5 Å². The fraction of sp³-hybridized carbons (Fsp3) is 0.526. The monoisotopic (exact) mass is 361 g/mol. The van der Waals surface area contributed by atoms with Crippen molar-refractivity contribution >= 4 is 29.3 Å². The van der Waals surface area contributed by atoms with Crippen LogP contribution in [0.15, 0.2) is 18.2 Å². The number of carbonyl (C=O) groups is 3. The van der Waals surface area contributed by atoms with Gasteiger partial charge in [-0.25, -0.2) is 4.79 Å². The Morgan fingerprint density at radius 1 is 1.19 bits per heavy atom. The molecule has 3 N–H and O–H groups in total. The quantitative estimate of drug-likeness (QED) is 0.767. The van der Waals surface area contributed by atoms with Crippen LogP contribution in [0.1, 0.15) is 32.8 Å². The number of urea groups is 1. The third-order valence-corrected chi connectivity index (χ3v) is 4.57. The molecule has 1 fully saturated rings. The lowest BCUT2D eigenvalue weighted by atomic mass is 9.91. The molecule has 0 spiro atoms. The highest BCUT2D eigenvalue weighted by atomic mass is 16.4. The molecule has 26 heavy (non-hydrogen) atoms. The molecule has 1 aliphatic rings. The Labute approximate surface area is 153 Å². The van der Waals surface area contributed by atoms with Gasteiger partial charge in [-0.2, -0.15) is 0 Å². The van der Waals surface area contributed by atoms with Gasteiger partial charge in [-0.3, -0.25) is 9.59 Å². The van der Waals surface area contributed by atoms with Crippen LogP contribution < -0.4 is 10.6 Å². The van der Waals surface area contributed by atoms with Gasteiger partial charge < -0.3 is 20.6 Å². The zero-order chi connectivity index (χ0) is 19.4. The first-order chi connectivity index (χ1) is 12.2. The van der Waals surface area contributed by atoms with Crippen LogP contribution in [0.2, 0.25) is 0 Å². The number of aliphatic carboxylic acids is 1.